The Bertz CT molecular complexity index is 831. The number of rotatable bonds is 6. The van der Waals surface area contributed by atoms with Gasteiger partial charge in [0, 0.05) is 57.0 Å². The second-order valence-electron chi connectivity index (χ2n) is 7.00. The van der Waals surface area contributed by atoms with E-state index in [0.717, 1.165) is 44.7 Å². The summed E-state index contributed by atoms with van der Waals surface area (Å²) < 4.78 is 0. The van der Waals surface area contributed by atoms with Gasteiger partial charge in [-0.05, 0) is 40.4 Å². The van der Waals surface area contributed by atoms with Crippen LogP contribution in [-0.2, 0) is 13.1 Å². The minimum absolute atomic E-state index is 0.245. The molecule has 1 unspecified atom stereocenters. The molecular weight excluding hydrogens is 342 g/mol. The molecule has 3 aromatic rings. The number of hydrogen-bond acceptors (Lipinski definition) is 5. The zero-order valence-corrected chi connectivity index (χ0v) is 15.7. The Balaban J connectivity index is 1.46. The van der Waals surface area contributed by atoms with Crippen LogP contribution in [0.2, 0.25) is 0 Å². The zero-order valence-electron chi connectivity index (χ0n) is 14.9. The molecule has 0 bridgehead atoms. The van der Waals surface area contributed by atoms with Crippen molar-refractivity contribution in [3.63, 3.8) is 0 Å². The third-order valence-corrected chi connectivity index (χ3v) is 5.96. The summed E-state index contributed by atoms with van der Waals surface area (Å²) in [5, 5.41) is 15.1. The van der Waals surface area contributed by atoms with Crippen molar-refractivity contribution in [2.24, 2.45) is 0 Å². The number of hydrogen-bond donors (Lipinski definition) is 1. The highest BCUT2D eigenvalue weighted by atomic mass is 32.1. The van der Waals surface area contributed by atoms with E-state index in [-0.39, 0.29) is 6.61 Å². The lowest BCUT2D eigenvalue weighted by atomic mass is 10.1. The first-order valence-corrected chi connectivity index (χ1v) is 10.2. The van der Waals surface area contributed by atoms with Crippen molar-refractivity contribution in [3.8, 4) is 0 Å². The summed E-state index contributed by atoms with van der Waals surface area (Å²) in [5.74, 6) is 0. The molecule has 0 aliphatic carbocycles. The van der Waals surface area contributed by atoms with E-state index < -0.39 is 0 Å². The van der Waals surface area contributed by atoms with Gasteiger partial charge in [-0.1, -0.05) is 24.3 Å². The molecule has 1 aliphatic heterocycles. The SMILES string of the molecule is OCCC1CN(Cc2cccc3cccnc23)CCN1Cc1ccsc1. The molecule has 4 rings (SSSR count). The fourth-order valence-corrected chi connectivity index (χ4v) is 4.54. The maximum atomic E-state index is 9.53. The van der Waals surface area contributed by atoms with E-state index in [2.05, 4.69) is 55.9 Å². The number of aliphatic hydroxyl groups is 1. The van der Waals surface area contributed by atoms with Gasteiger partial charge in [-0.25, -0.2) is 0 Å². The van der Waals surface area contributed by atoms with E-state index in [0.29, 0.717) is 6.04 Å². The number of pyridine rings is 1. The number of fused-ring (bicyclic) bond motifs is 1. The summed E-state index contributed by atoms with van der Waals surface area (Å²) in [6.45, 7) is 5.23. The average Bonchev–Trinajstić information content (AvgIpc) is 3.18. The number of aromatic nitrogens is 1. The third kappa shape index (κ3) is 3.96. The van der Waals surface area contributed by atoms with Gasteiger partial charge < -0.3 is 5.11 Å². The monoisotopic (exact) mass is 367 g/mol. The molecule has 26 heavy (non-hydrogen) atoms. The van der Waals surface area contributed by atoms with Crippen LogP contribution in [0.25, 0.3) is 10.9 Å². The minimum atomic E-state index is 0.245. The Morgan fingerprint density at radius 1 is 1.12 bits per heavy atom. The van der Waals surface area contributed by atoms with Crippen LogP contribution in [-0.4, -0.2) is 52.2 Å². The molecule has 0 spiro atoms. The van der Waals surface area contributed by atoms with Gasteiger partial charge in [0.05, 0.1) is 5.52 Å². The number of thiophene rings is 1. The van der Waals surface area contributed by atoms with Crippen LogP contribution in [0.4, 0.5) is 0 Å². The van der Waals surface area contributed by atoms with Crippen LogP contribution >= 0.6 is 11.3 Å². The summed E-state index contributed by atoms with van der Waals surface area (Å²) in [4.78, 5) is 9.62. The molecule has 136 valence electrons. The van der Waals surface area contributed by atoms with Gasteiger partial charge in [-0.3, -0.25) is 14.8 Å². The first kappa shape index (κ1) is 17.6. The van der Waals surface area contributed by atoms with E-state index in [4.69, 9.17) is 0 Å². The molecule has 1 N–H and O–H groups in total. The second-order valence-corrected chi connectivity index (χ2v) is 7.78. The van der Waals surface area contributed by atoms with Crippen molar-refractivity contribution in [2.75, 3.05) is 26.2 Å². The van der Waals surface area contributed by atoms with Crippen molar-refractivity contribution in [1.82, 2.24) is 14.8 Å². The summed E-state index contributed by atoms with van der Waals surface area (Å²) in [7, 11) is 0. The predicted octanol–water partition coefficient (Wildman–Crippen LogP) is 3.37. The molecule has 1 aliphatic rings. The third-order valence-electron chi connectivity index (χ3n) is 5.23. The Morgan fingerprint density at radius 2 is 2.04 bits per heavy atom. The Labute approximate surface area is 158 Å². The zero-order chi connectivity index (χ0) is 17.8. The molecule has 0 radical (unpaired) electrons. The first-order chi connectivity index (χ1) is 12.8. The number of piperazine rings is 1. The molecule has 5 heteroatoms. The average molecular weight is 368 g/mol. The van der Waals surface area contributed by atoms with Crippen LogP contribution in [0.5, 0.6) is 0 Å². The molecule has 1 atom stereocenters. The Kier molecular flexibility index (Phi) is 5.60. The number of aliphatic hydroxyl groups excluding tert-OH is 1. The highest BCUT2D eigenvalue weighted by molar-refractivity contribution is 7.07. The highest BCUT2D eigenvalue weighted by Gasteiger charge is 2.27. The van der Waals surface area contributed by atoms with Gasteiger partial charge in [0.15, 0.2) is 0 Å². The normalized spacial score (nSPS) is 19.2. The summed E-state index contributed by atoms with van der Waals surface area (Å²) in [5.41, 5.74) is 3.77. The lowest BCUT2D eigenvalue weighted by Gasteiger charge is -2.41. The molecule has 1 fully saturated rings. The van der Waals surface area contributed by atoms with E-state index in [1.807, 2.05) is 12.3 Å². The molecule has 1 saturated heterocycles. The Morgan fingerprint density at radius 3 is 2.88 bits per heavy atom. The van der Waals surface area contributed by atoms with Crippen molar-refractivity contribution in [2.45, 2.75) is 25.6 Å². The fraction of sp³-hybridized carbons (Fsp3) is 0.381. The van der Waals surface area contributed by atoms with Gasteiger partial charge >= 0.3 is 0 Å². The smallest absolute Gasteiger partial charge is 0.0746 e. The highest BCUT2D eigenvalue weighted by Crippen LogP contribution is 2.22. The first-order valence-electron chi connectivity index (χ1n) is 9.24. The molecule has 2 aromatic heterocycles. The van der Waals surface area contributed by atoms with E-state index in [1.165, 1.54) is 16.5 Å². The van der Waals surface area contributed by atoms with Crippen LogP contribution in [0.15, 0.2) is 53.4 Å². The molecule has 0 saturated carbocycles. The molecule has 3 heterocycles. The van der Waals surface area contributed by atoms with Crippen molar-refractivity contribution in [3.05, 3.63) is 64.5 Å². The van der Waals surface area contributed by atoms with Crippen LogP contribution < -0.4 is 0 Å². The lowest BCUT2D eigenvalue weighted by Crippen LogP contribution is -2.52. The largest absolute Gasteiger partial charge is 0.396 e. The predicted molar refractivity (Wildman–Crippen MR) is 107 cm³/mol. The fourth-order valence-electron chi connectivity index (χ4n) is 3.88. The topological polar surface area (TPSA) is 39.6 Å². The summed E-state index contributed by atoms with van der Waals surface area (Å²) >= 11 is 1.75. The minimum Gasteiger partial charge on any atom is -0.396 e. The summed E-state index contributed by atoms with van der Waals surface area (Å²) in [6, 6.07) is 13.2. The molecular formula is C21H25N3OS. The number of para-hydroxylation sites is 1. The molecule has 0 amide bonds. The van der Waals surface area contributed by atoms with Crippen molar-refractivity contribution < 1.29 is 5.11 Å². The van der Waals surface area contributed by atoms with Gasteiger partial charge in [0.1, 0.15) is 0 Å². The number of benzene rings is 1. The van der Waals surface area contributed by atoms with E-state index >= 15 is 0 Å². The standard InChI is InChI=1S/C21H25N3OS/c25-11-6-20-15-23(9-10-24(20)13-17-7-12-26-16-17)14-19-4-1-3-18-5-2-8-22-21(18)19/h1-5,7-8,12,16,20,25H,6,9-11,13-15H2. The quantitative estimate of drug-likeness (QED) is 0.725. The second kappa shape index (κ2) is 8.27. The Hall–Kier alpha value is -1.79. The van der Waals surface area contributed by atoms with Gasteiger partial charge in [-0.15, -0.1) is 0 Å². The molecule has 4 nitrogen and oxygen atoms in total. The number of nitrogens with zero attached hydrogens (tertiary/aromatic N) is 3. The van der Waals surface area contributed by atoms with Gasteiger partial charge in [0.2, 0.25) is 0 Å². The maximum absolute atomic E-state index is 9.53. The van der Waals surface area contributed by atoms with Crippen molar-refractivity contribution in [1.29, 1.82) is 0 Å². The van der Waals surface area contributed by atoms with Crippen LogP contribution in [0, 0.1) is 0 Å². The lowest BCUT2D eigenvalue weighted by molar-refractivity contribution is 0.0502. The van der Waals surface area contributed by atoms with Gasteiger partial charge in [0.25, 0.3) is 0 Å². The molecule has 1 aromatic carbocycles. The van der Waals surface area contributed by atoms with E-state index in [9.17, 15) is 5.11 Å². The van der Waals surface area contributed by atoms with Crippen LogP contribution in [0.3, 0.4) is 0 Å². The maximum Gasteiger partial charge on any atom is 0.0746 e. The summed E-state index contributed by atoms with van der Waals surface area (Å²) in [6.07, 6.45) is 2.70. The van der Waals surface area contributed by atoms with E-state index in [1.54, 1.807) is 11.3 Å². The van der Waals surface area contributed by atoms with Crippen molar-refractivity contribution >= 4 is 22.2 Å². The van der Waals surface area contributed by atoms with Gasteiger partial charge in [-0.2, -0.15) is 11.3 Å². The van der Waals surface area contributed by atoms with Crippen LogP contribution in [0.1, 0.15) is 17.5 Å².